The normalized spacial score (nSPS) is 11.3. The summed E-state index contributed by atoms with van der Waals surface area (Å²) in [5, 5.41) is 34.0. The van der Waals surface area contributed by atoms with Gasteiger partial charge in [0.05, 0.1) is 5.69 Å². The molecule has 1 aliphatic heterocycles. The first kappa shape index (κ1) is 44.2. The molecule has 0 fully saturated rings. The van der Waals surface area contributed by atoms with Crippen molar-refractivity contribution in [2.45, 2.75) is 57.4 Å². The van der Waals surface area contributed by atoms with E-state index in [1.54, 1.807) is 30.3 Å². The average Bonchev–Trinajstić information content (AvgIpc) is 3.72. The van der Waals surface area contributed by atoms with Crippen LogP contribution in [0.1, 0.15) is 49.7 Å². The molecule has 5 aromatic rings. The maximum atomic E-state index is 12.0. The van der Waals surface area contributed by atoms with E-state index in [2.05, 4.69) is 45.2 Å². The molecule has 2 aliphatic rings. The molecule has 11 nitrogen and oxygen atoms in total. The van der Waals surface area contributed by atoms with E-state index in [-0.39, 0.29) is 17.3 Å². The number of phenolic OH excluding ortho intramolecular Hbond substituents is 1. The van der Waals surface area contributed by atoms with Gasteiger partial charge in [0.2, 0.25) is 0 Å². The number of nitrogens with zero attached hydrogens (tertiary/aromatic N) is 1. The summed E-state index contributed by atoms with van der Waals surface area (Å²) in [5.74, 6) is -0.368. The molecule has 0 saturated carbocycles. The highest BCUT2D eigenvalue weighted by atomic mass is 35.5. The quantitative estimate of drug-likeness (QED) is 0.0334. The van der Waals surface area contributed by atoms with Crippen LogP contribution >= 0.6 is 35.2 Å². The van der Waals surface area contributed by atoms with Crippen LogP contribution in [0.5, 0.6) is 5.75 Å². The second kappa shape index (κ2) is 21.8. The number of unbranched alkanes of at least 4 members (excludes halogenated alkanes) is 5. The Labute approximate surface area is 366 Å². The number of anilines is 2. The van der Waals surface area contributed by atoms with Gasteiger partial charge in [-0.3, -0.25) is 4.79 Å². The molecule has 0 bridgehead atoms. The molecule has 1 aliphatic carbocycles. The van der Waals surface area contributed by atoms with E-state index < -0.39 is 12.0 Å². The van der Waals surface area contributed by atoms with Crippen LogP contribution < -0.4 is 21.4 Å². The summed E-state index contributed by atoms with van der Waals surface area (Å²) in [5.41, 5.74) is 7.94. The van der Waals surface area contributed by atoms with Gasteiger partial charge in [-0.25, -0.2) is 9.78 Å². The van der Waals surface area contributed by atoms with E-state index in [1.165, 1.54) is 48.3 Å². The van der Waals surface area contributed by atoms with Gasteiger partial charge >= 0.3 is 12.1 Å². The summed E-state index contributed by atoms with van der Waals surface area (Å²) in [6.45, 7) is 0.802. The third-order valence-corrected chi connectivity index (χ3v) is 11.3. The summed E-state index contributed by atoms with van der Waals surface area (Å²) < 4.78 is 5.97. The van der Waals surface area contributed by atoms with Crippen LogP contribution in [0.25, 0.3) is 44.7 Å². The van der Waals surface area contributed by atoms with Gasteiger partial charge in [0.15, 0.2) is 15.7 Å². The Balaban J connectivity index is 0.00000201. The van der Waals surface area contributed by atoms with Crippen molar-refractivity contribution in [1.29, 1.82) is 0 Å². The van der Waals surface area contributed by atoms with Crippen molar-refractivity contribution in [3.05, 3.63) is 141 Å². The van der Waals surface area contributed by atoms with E-state index in [9.17, 15) is 19.8 Å². The zero-order valence-corrected chi connectivity index (χ0v) is 35.4. The van der Waals surface area contributed by atoms with Crippen molar-refractivity contribution < 1.29 is 29.0 Å². The average molecular weight is 875 g/mol. The van der Waals surface area contributed by atoms with E-state index in [4.69, 9.17) is 37.8 Å². The van der Waals surface area contributed by atoms with Gasteiger partial charge in [-0.05, 0) is 96.7 Å². The minimum Gasteiger partial charge on any atom is -0.508 e. The van der Waals surface area contributed by atoms with Gasteiger partial charge in [0.1, 0.15) is 23.1 Å². The predicted molar refractivity (Wildman–Crippen MR) is 245 cm³/mol. The molecule has 0 radical (unpaired) electrons. The number of aliphatic carboxylic acids is 1. The number of carboxylic acid groups (broad SMARTS) is 1. The molecular formula is C47H43ClN4O7S2. The van der Waals surface area contributed by atoms with Crippen LogP contribution in [-0.2, 0) is 27.2 Å². The third kappa shape index (κ3) is 12.6. The highest BCUT2D eigenvalue weighted by molar-refractivity contribution is 7.80. The Kier molecular flexibility index (Phi) is 15.8. The smallest absolute Gasteiger partial charge is 0.373 e. The highest BCUT2D eigenvalue weighted by Crippen LogP contribution is 2.41. The SMILES string of the molecule is O=C(O)C(Cc1ccc(Cl)cc1)Nc1nc(-c2ccc(CCCCCCCCNC(=S)Nc3ccc(-c4c5ccc(=O)cc-5oc5cc(O)ccc45)cc3)cc2)cs1.O=C=O. The fourth-order valence-corrected chi connectivity index (χ4v) is 8.07. The first-order chi connectivity index (χ1) is 29.6. The number of halogens is 1. The fourth-order valence-electron chi connectivity index (χ4n) is 6.95. The molecule has 61 heavy (non-hydrogen) atoms. The van der Waals surface area contributed by atoms with Gasteiger partial charge in [-0.2, -0.15) is 9.59 Å². The Bertz CT molecular complexity index is 2620. The van der Waals surface area contributed by atoms with E-state index in [1.807, 2.05) is 47.8 Å². The number of carbonyl (C=O) groups excluding carboxylic acids is 2. The number of thiocarbonyl (C=S) groups is 1. The number of thiazole rings is 1. The maximum absolute atomic E-state index is 12.0. The van der Waals surface area contributed by atoms with Gasteiger partial charge in [0.25, 0.3) is 0 Å². The molecule has 1 aromatic heterocycles. The fraction of sp³-hybridized carbons (Fsp3) is 0.213. The molecule has 5 N–H and O–H groups in total. The monoisotopic (exact) mass is 874 g/mol. The Morgan fingerprint density at radius 2 is 1.51 bits per heavy atom. The van der Waals surface area contributed by atoms with Gasteiger partial charge in [-0.1, -0.05) is 85.8 Å². The van der Waals surface area contributed by atoms with Gasteiger partial charge < -0.3 is 30.6 Å². The molecule has 0 saturated heterocycles. The molecule has 1 atom stereocenters. The summed E-state index contributed by atoms with van der Waals surface area (Å²) in [4.78, 5) is 44.9. The van der Waals surface area contributed by atoms with Gasteiger partial charge in [0, 0.05) is 63.3 Å². The second-order valence-electron chi connectivity index (χ2n) is 14.3. The molecule has 2 heterocycles. The summed E-state index contributed by atoms with van der Waals surface area (Å²) >= 11 is 12.9. The van der Waals surface area contributed by atoms with Crippen molar-refractivity contribution in [3.8, 4) is 39.5 Å². The van der Waals surface area contributed by atoms with Crippen molar-refractivity contribution in [2.75, 3.05) is 17.2 Å². The predicted octanol–water partition coefficient (Wildman–Crippen LogP) is 10.4. The number of aromatic nitrogens is 1. The second-order valence-corrected chi connectivity index (χ2v) is 16.0. The Morgan fingerprint density at radius 1 is 0.836 bits per heavy atom. The molecule has 1 unspecified atom stereocenters. The lowest BCUT2D eigenvalue weighted by atomic mass is 9.93. The number of carbonyl (C=O) groups is 1. The van der Waals surface area contributed by atoms with E-state index in [0.29, 0.717) is 33.0 Å². The number of aromatic hydroxyl groups is 1. The molecular weight excluding hydrogens is 832 g/mol. The van der Waals surface area contributed by atoms with Crippen LogP contribution in [0, 0.1) is 0 Å². The van der Waals surface area contributed by atoms with Crippen molar-refractivity contribution in [2.24, 2.45) is 0 Å². The summed E-state index contributed by atoms with van der Waals surface area (Å²) in [6, 6.07) is 32.7. The van der Waals surface area contributed by atoms with Crippen LogP contribution in [0.2, 0.25) is 5.02 Å². The third-order valence-electron chi connectivity index (χ3n) is 9.99. The minimum absolute atomic E-state index is 0.0945. The molecule has 312 valence electrons. The maximum Gasteiger partial charge on any atom is 0.373 e. The lowest BCUT2D eigenvalue weighted by Crippen LogP contribution is -2.31. The van der Waals surface area contributed by atoms with Crippen LogP contribution in [-0.4, -0.2) is 45.0 Å². The van der Waals surface area contributed by atoms with E-state index in [0.717, 1.165) is 76.8 Å². The molecule has 0 spiro atoms. The van der Waals surface area contributed by atoms with Crippen molar-refractivity contribution in [1.82, 2.24) is 10.3 Å². The number of carboxylic acids is 1. The topological polar surface area (TPSA) is 171 Å². The zero-order chi connectivity index (χ0) is 43.1. The number of phenols is 1. The highest BCUT2D eigenvalue weighted by Gasteiger charge is 2.20. The molecule has 4 aromatic carbocycles. The molecule has 7 rings (SSSR count). The van der Waals surface area contributed by atoms with Gasteiger partial charge in [-0.15, -0.1) is 11.3 Å². The van der Waals surface area contributed by atoms with E-state index >= 15 is 0 Å². The lowest BCUT2D eigenvalue weighted by molar-refractivity contribution is -0.191. The first-order valence-corrected chi connectivity index (χ1v) is 21.4. The number of rotatable bonds is 17. The molecule has 0 amide bonds. The first-order valence-electron chi connectivity index (χ1n) is 19.7. The Hall–Kier alpha value is -6.37. The van der Waals surface area contributed by atoms with Crippen molar-refractivity contribution >= 4 is 74.2 Å². The largest absolute Gasteiger partial charge is 0.508 e. The summed E-state index contributed by atoms with van der Waals surface area (Å²) in [7, 11) is 0. The number of fused-ring (bicyclic) bond motifs is 2. The number of hydrogen-bond acceptors (Lipinski definition) is 10. The molecule has 14 heteroatoms. The number of benzene rings is 5. The number of nitrogens with one attached hydrogen (secondary N) is 3. The van der Waals surface area contributed by atoms with Crippen LogP contribution in [0.4, 0.5) is 10.8 Å². The standard InChI is InChI=1S/C46H43ClN4O5S2.CO2/c47-33-16-10-30(11-17-33)25-39(44(54)55)50-46-51-40(28-58-46)31-12-8-29(9-13-31)7-5-3-1-2-4-6-24-48-45(57)49-34-18-14-32(15-19-34)43-37-22-20-35(52)26-41(37)56-42-27-36(53)21-23-38(42)43;2-1-3/h8-23,26-28,39,52H,1-7,24-25H2,(H,50,51)(H,54,55)(H2,48,49,57);. The van der Waals surface area contributed by atoms with Crippen LogP contribution in [0.3, 0.4) is 0 Å². The zero-order valence-electron chi connectivity index (χ0n) is 33.0. The minimum atomic E-state index is -0.931. The lowest BCUT2D eigenvalue weighted by Gasteiger charge is -2.16. The Morgan fingerprint density at radius 3 is 2.23 bits per heavy atom. The number of aryl methyl sites for hydroxylation is 1. The number of hydrogen-bond donors (Lipinski definition) is 5. The summed E-state index contributed by atoms with van der Waals surface area (Å²) in [6.07, 6.45) is 8.45. The van der Waals surface area contributed by atoms with Crippen molar-refractivity contribution in [3.63, 3.8) is 0 Å². The van der Waals surface area contributed by atoms with Crippen LogP contribution in [0.15, 0.2) is 124 Å².